The van der Waals surface area contributed by atoms with Crippen molar-refractivity contribution in [3.05, 3.63) is 0 Å². The van der Waals surface area contributed by atoms with Gasteiger partial charge in [0.15, 0.2) is 0 Å². The molecule has 1 heterocycles. The summed E-state index contributed by atoms with van der Waals surface area (Å²) in [5.41, 5.74) is 0. The smallest absolute Gasteiger partial charge is 0.104 e. The number of hydrogen-bond donors (Lipinski definition) is 0. The van der Waals surface area contributed by atoms with E-state index < -0.39 is 6.17 Å². The Morgan fingerprint density at radius 1 is 1.30 bits per heavy atom. The first kappa shape index (κ1) is 6.59. The van der Waals surface area contributed by atoms with E-state index in [9.17, 15) is 4.39 Å². The number of hydrogen-bond acceptors (Lipinski definition) is 1. The van der Waals surface area contributed by atoms with Crippen molar-refractivity contribution >= 4 is 0 Å². The average molecular weight is 143 g/mol. The van der Waals surface area contributed by atoms with Crippen LogP contribution >= 0.6 is 0 Å². The molecule has 1 aliphatic carbocycles. The van der Waals surface area contributed by atoms with E-state index in [0.717, 1.165) is 25.9 Å². The molecule has 2 heteroatoms. The Bertz CT molecular complexity index is 137. The van der Waals surface area contributed by atoms with Crippen molar-refractivity contribution in [1.82, 2.24) is 4.90 Å². The third-order valence-electron chi connectivity index (χ3n) is 2.95. The zero-order valence-corrected chi connectivity index (χ0v) is 6.39. The highest BCUT2D eigenvalue weighted by atomic mass is 19.1. The maximum Gasteiger partial charge on any atom is 0.104 e. The van der Waals surface area contributed by atoms with Crippen LogP contribution in [0.4, 0.5) is 4.39 Å². The van der Waals surface area contributed by atoms with Crippen molar-refractivity contribution in [1.29, 1.82) is 0 Å². The van der Waals surface area contributed by atoms with Crippen LogP contribution in [0.25, 0.3) is 0 Å². The average Bonchev–Trinajstić information content (AvgIpc) is 2.35. The van der Waals surface area contributed by atoms with E-state index in [1.54, 1.807) is 0 Å². The number of likely N-dealkylation sites (tertiary alicyclic amines) is 1. The van der Waals surface area contributed by atoms with Crippen LogP contribution < -0.4 is 0 Å². The highest BCUT2D eigenvalue weighted by Crippen LogP contribution is 2.38. The van der Waals surface area contributed by atoms with E-state index in [1.807, 2.05) is 0 Å². The molecule has 2 rings (SSSR count). The van der Waals surface area contributed by atoms with Gasteiger partial charge in [-0.15, -0.1) is 0 Å². The van der Waals surface area contributed by atoms with Crippen LogP contribution in [-0.2, 0) is 0 Å². The second kappa shape index (κ2) is 2.19. The van der Waals surface area contributed by atoms with E-state index in [2.05, 4.69) is 11.9 Å². The highest BCUT2D eigenvalue weighted by molar-refractivity contribution is 4.92. The molecular formula is C8H14FN. The van der Waals surface area contributed by atoms with Gasteiger partial charge in [0.05, 0.1) is 0 Å². The molecule has 0 N–H and O–H groups in total. The summed E-state index contributed by atoms with van der Waals surface area (Å²) in [5.74, 6) is 1.06. The van der Waals surface area contributed by atoms with Crippen LogP contribution in [0.2, 0.25) is 0 Å². The highest BCUT2D eigenvalue weighted by Gasteiger charge is 2.41. The van der Waals surface area contributed by atoms with Gasteiger partial charge in [-0.05, 0) is 25.8 Å². The van der Waals surface area contributed by atoms with Gasteiger partial charge < -0.3 is 4.90 Å². The van der Waals surface area contributed by atoms with E-state index in [4.69, 9.17) is 0 Å². The monoisotopic (exact) mass is 143 g/mol. The standard InChI is InChI=1S/C8H14FN/c1-10-4-6-2-3-8(9)7(6)5-10/h6-8H,2-5H2,1H3. The van der Waals surface area contributed by atoms with Gasteiger partial charge in [-0.2, -0.15) is 0 Å². The minimum atomic E-state index is -0.491. The number of fused-ring (bicyclic) bond motifs is 1. The fourth-order valence-electron chi connectivity index (χ4n) is 2.42. The van der Waals surface area contributed by atoms with Gasteiger partial charge in [0.2, 0.25) is 0 Å². The van der Waals surface area contributed by atoms with E-state index in [-0.39, 0.29) is 0 Å². The van der Waals surface area contributed by atoms with Gasteiger partial charge in [0.1, 0.15) is 6.17 Å². The predicted molar refractivity (Wildman–Crippen MR) is 38.6 cm³/mol. The molecule has 0 radical (unpaired) electrons. The van der Waals surface area contributed by atoms with Crippen molar-refractivity contribution < 1.29 is 4.39 Å². The van der Waals surface area contributed by atoms with Crippen LogP contribution in [0.5, 0.6) is 0 Å². The Morgan fingerprint density at radius 3 is 2.80 bits per heavy atom. The first-order valence-corrected chi connectivity index (χ1v) is 4.10. The molecule has 3 atom stereocenters. The SMILES string of the molecule is CN1CC2CCC(F)C2C1. The van der Waals surface area contributed by atoms with Crippen molar-refractivity contribution in [2.45, 2.75) is 19.0 Å². The molecule has 1 saturated carbocycles. The minimum absolute atomic E-state index is 0.380. The molecule has 0 amide bonds. The van der Waals surface area contributed by atoms with Gasteiger partial charge in [-0.3, -0.25) is 0 Å². The van der Waals surface area contributed by atoms with Crippen LogP contribution in [0, 0.1) is 11.8 Å². The van der Waals surface area contributed by atoms with Gasteiger partial charge in [-0.1, -0.05) is 0 Å². The topological polar surface area (TPSA) is 3.24 Å². The molecule has 2 aliphatic rings. The molecular weight excluding hydrogens is 129 g/mol. The molecule has 3 unspecified atom stereocenters. The van der Waals surface area contributed by atoms with Crippen molar-refractivity contribution in [3.8, 4) is 0 Å². The maximum absolute atomic E-state index is 13.0. The van der Waals surface area contributed by atoms with Crippen LogP contribution in [0.1, 0.15) is 12.8 Å². The lowest BCUT2D eigenvalue weighted by Gasteiger charge is -2.09. The van der Waals surface area contributed by atoms with Crippen LogP contribution in [0.15, 0.2) is 0 Å². The van der Waals surface area contributed by atoms with Gasteiger partial charge in [0.25, 0.3) is 0 Å². The third-order valence-corrected chi connectivity index (χ3v) is 2.95. The lowest BCUT2D eigenvalue weighted by Crippen LogP contribution is -2.18. The lowest BCUT2D eigenvalue weighted by atomic mass is 10.0. The molecule has 1 nitrogen and oxygen atoms in total. The summed E-state index contributed by atoms with van der Waals surface area (Å²) in [6.07, 6.45) is 1.45. The Hall–Kier alpha value is -0.110. The molecule has 1 saturated heterocycles. The van der Waals surface area contributed by atoms with E-state index in [1.165, 1.54) is 0 Å². The summed E-state index contributed by atoms with van der Waals surface area (Å²) in [5, 5.41) is 0. The molecule has 0 bridgehead atoms. The Kier molecular flexibility index (Phi) is 1.44. The van der Waals surface area contributed by atoms with Gasteiger partial charge in [-0.25, -0.2) is 4.39 Å². The third kappa shape index (κ3) is 0.858. The number of nitrogens with zero attached hydrogens (tertiary/aromatic N) is 1. The van der Waals surface area contributed by atoms with Gasteiger partial charge >= 0.3 is 0 Å². The molecule has 0 aromatic heterocycles. The number of alkyl halides is 1. The summed E-state index contributed by atoms with van der Waals surface area (Å²) in [6, 6.07) is 0. The lowest BCUT2D eigenvalue weighted by molar-refractivity contribution is 0.245. The summed E-state index contributed by atoms with van der Waals surface area (Å²) >= 11 is 0. The summed E-state index contributed by atoms with van der Waals surface area (Å²) in [4.78, 5) is 2.25. The second-order valence-corrected chi connectivity index (χ2v) is 3.74. The molecule has 2 fully saturated rings. The normalized spacial score (nSPS) is 48.0. The van der Waals surface area contributed by atoms with E-state index >= 15 is 0 Å². The zero-order valence-electron chi connectivity index (χ0n) is 6.39. The minimum Gasteiger partial charge on any atom is -0.306 e. The van der Waals surface area contributed by atoms with E-state index in [0.29, 0.717) is 11.8 Å². The number of rotatable bonds is 0. The Balaban J connectivity index is 2.05. The summed E-state index contributed by atoms with van der Waals surface area (Å²) in [7, 11) is 2.09. The molecule has 10 heavy (non-hydrogen) atoms. The zero-order chi connectivity index (χ0) is 7.14. The maximum atomic E-state index is 13.0. The number of halogens is 1. The molecule has 0 spiro atoms. The first-order valence-electron chi connectivity index (χ1n) is 4.10. The second-order valence-electron chi connectivity index (χ2n) is 3.74. The molecule has 1 aliphatic heterocycles. The Morgan fingerprint density at radius 2 is 2.10 bits per heavy atom. The largest absolute Gasteiger partial charge is 0.306 e. The van der Waals surface area contributed by atoms with Gasteiger partial charge in [0, 0.05) is 19.0 Å². The molecule has 58 valence electrons. The Labute approximate surface area is 61.2 Å². The fourth-order valence-corrected chi connectivity index (χ4v) is 2.42. The van der Waals surface area contributed by atoms with Crippen LogP contribution in [0.3, 0.4) is 0 Å². The fraction of sp³-hybridized carbons (Fsp3) is 1.00. The van der Waals surface area contributed by atoms with Crippen molar-refractivity contribution in [2.75, 3.05) is 20.1 Å². The van der Waals surface area contributed by atoms with Crippen LogP contribution in [-0.4, -0.2) is 31.2 Å². The molecule has 0 aromatic carbocycles. The predicted octanol–water partition coefficient (Wildman–Crippen LogP) is 1.30. The summed E-state index contributed by atoms with van der Waals surface area (Å²) in [6.45, 7) is 2.12. The summed E-state index contributed by atoms with van der Waals surface area (Å²) < 4.78 is 13.0. The molecule has 0 aromatic rings. The van der Waals surface area contributed by atoms with Crippen molar-refractivity contribution in [2.24, 2.45) is 11.8 Å². The quantitative estimate of drug-likeness (QED) is 0.494. The first-order chi connectivity index (χ1) is 4.77. The van der Waals surface area contributed by atoms with Crippen molar-refractivity contribution in [3.63, 3.8) is 0 Å².